The van der Waals surface area contributed by atoms with Gasteiger partial charge in [-0.05, 0) is 18.2 Å². The Morgan fingerprint density at radius 1 is 1.47 bits per heavy atom. The lowest BCUT2D eigenvalue weighted by Crippen LogP contribution is -2.14. The van der Waals surface area contributed by atoms with Gasteiger partial charge in [-0.1, -0.05) is 6.07 Å². The molecule has 0 atom stereocenters. The standard InChI is InChI=1S/C11H12N2O3S/c1-2-3-7-11(14)13-9-5-4-6-10(8-9)17(12,15)16/h1,4-6,8H,3,7H2,(H,13,14)(H2,12,15,16). The molecule has 0 spiro atoms. The highest BCUT2D eigenvalue weighted by atomic mass is 32.2. The van der Waals surface area contributed by atoms with Crippen molar-refractivity contribution >= 4 is 21.6 Å². The van der Waals surface area contributed by atoms with Crippen LogP contribution >= 0.6 is 0 Å². The minimum atomic E-state index is -3.76. The lowest BCUT2D eigenvalue weighted by molar-refractivity contribution is -0.116. The highest BCUT2D eigenvalue weighted by Gasteiger charge is 2.09. The zero-order chi connectivity index (χ0) is 12.9. The number of carbonyl (C=O) groups is 1. The molecule has 0 aliphatic carbocycles. The molecule has 0 aliphatic heterocycles. The number of rotatable bonds is 4. The average molecular weight is 252 g/mol. The number of carbonyl (C=O) groups excluding carboxylic acids is 1. The molecule has 0 aliphatic rings. The van der Waals surface area contributed by atoms with E-state index in [0.29, 0.717) is 12.1 Å². The van der Waals surface area contributed by atoms with Gasteiger partial charge in [0.05, 0.1) is 4.90 Å². The number of hydrogen-bond acceptors (Lipinski definition) is 3. The van der Waals surface area contributed by atoms with Gasteiger partial charge in [-0.15, -0.1) is 12.3 Å². The summed E-state index contributed by atoms with van der Waals surface area (Å²) in [6.45, 7) is 0. The van der Waals surface area contributed by atoms with E-state index in [1.165, 1.54) is 18.2 Å². The molecule has 0 fully saturated rings. The molecule has 1 aromatic rings. The van der Waals surface area contributed by atoms with Gasteiger partial charge in [0.2, 0.25) is 15.9 Å². The van der Waals surface area contributed by atoms with Crippen molar-refractivity contribution in [2.24, 2.45) is 5.14 Å². The Balaban J connectivity index is 2.80. The lowest BCUT2D eigenvalue weighted by atomic mass is 10.2. The van der Waals surface area contributed by atoms with Gasteiger partial charge < -0.3 is 5.32 Å². The monoisotopic (exact) mass is 252 g/mol. The highest BCUT2D eigenvalue weighted by molar-refractivity contribution is 7.89. The molecule has 1 rings (SSSR count). The summed E-state index contributed by atoms with van der Waals surface area (Å²) in [5.74, 6) is 2.07. The minimum Gasteiger partial charge on any atom is -0.326 e. The topological polar surface area (TPSA) is 89.3 Å². The first-order chi connectivity index (χ1) is 7.93. The molecule has 1 amide bonds. The largest absolute Gasteiger partial charge is 0.326 e. The molecule has 6 heteroatoms. The molecule has 0 aromatic heterocycles. The average Bonchev–Trinajstić information content (AvgIpc) is 2.25. The molecule has 17 heavy (non-hydrogen) atoms. The summed E-state index contributed by atoms with van der Waals surface area (Å²) in [7, 11) is -3.76. The van der Waals surface area contributed by atoms with Crippen molar-refractivity contribution in [1.82, 2.24) is 0 Å². The first kappa shape index (κ1) is 13.2. The number of hydrogen-bond donors (Lipinski definition) is 2. The minimum absolute atomic E-state index is 0.0488. The molecule has 0 saturated heterocycles. The Kier molecular flexibility index (Phi) is 4.26. The Bertz CT molecular complexity index is 558. The van der Waals surface area contributed by atoms with Crippen LogP contribution in [-0.2, 0) is 14.8 Å². The van der Waals surface area contributed by atoms with Crippen LogP contribution in [-0.4, -0.2) is 14.3 Å². The van der Waals surface area contributed by atoms with E-state index in [1.54, 1.807) is 6.07 Å². The maximum Gasteiger partial charge on any atom is 0.238 e. The van der Waals surface area contributed by atoms with Crippen LogP contribution < -0.4 is 10.5 Å². The second-order valence-electron chi connectivity index (χ2n) is 3.33. The van der Waals surface area contributed by atoms with Gasteiger partial charge in [0.15, 0.2) is 0 Å². The molecule has 0 bridgehead atoms. The number of sulfonamides is 1. The van der Waals surface area contributed by atoms with E-state index in [1.807, 2.05) is 0 Å². The van der Waals surface area contributed by atoms with Crippen LogP contribution in [0.15, 0.2) is 29.2 Å². The SMILES string of the molecule is C#CCCC(=O)Nc1cccc(S(N)(=O)=O)c1. The van der Waals surface area contributed by atoms with Gasteiger partial charge in [0.1, 0.15) is 0 Å². The van der Waals surface area contributed by atoms with Crippen molar-refractivity contribution in [2.75, 3.05) is 5.32 Å². The molecule has 1 aromatic carbocycles. The van der Waals surface area contributed by atoms with E-state index < -0.39 is 10.0 Å². The number of amides is 1. The smallest absolute Gasteiger partial charge is 0.238 e. The molecular formula is C11H12N2O3S. The Labute approximate surface area is 100 Å². The third-order valence-electron chi connectivity index (χ3n) is 1.94. The summed E-state index contributed by atoms with van der Waals surface area (Å²) in [4.78, 5) is 11.3. The van der Waals surface area contributed by atoms with Crippen LogP contribution in [0.2, 0.25) is 0 Å². The molecule has 0 radical (unpaired) electrons. The second-order valence-corrected chi connectivity index (χ2v) is 4.89. The summed E-state index contributed by atoms with van der Waals surface area (Å²) in [5, 5.41) is 7.50. The Morgan fingerprint density at radius 2 is 2.18 bits per heavy atom. The van der Waals surface area contributed by atoms with Crippen molar-refractivity contribution < 1.29 is 13.2 Å². The second kappa shape index (κ2) is 5.48. The van der Waals surface area contributed by atoms with Crippen molar-refractivity contribution in [2.45, 2.75) is 17.7 Å². The maximum atomic E-state index is 11.3. The molecule has 0 saturated carbocycles. The molecule has 3 N–H and O–H groups in total. The number of terminal acetylenes is 1. The summed E-state index contributed by atoms with van der Waals surface area (Å²) in [6, 6.07) is 5.72. The lowest BCUT2D eigenvalue weighted by Gasteiger charge is -2.05. The van der Waals surface area contributed by atoms with Gasteiger partial charge in [0.25, 0.3) is 0 Å². The van der Waals surface area contributed by atoms with Crippen molar-refractivity contribution in [1.29, 1.82) is 0 Å². The van der Waals surface area contributed by atoms with Gasteiger partial charge in [-0.3, -0.25) is 4.79 Å². The van der Waals surface area contributed by atoms with E-state index in [9.17, 15) is 13.2 Å². The summed E-state index contributed by atoms with van der Waals surface area (Å²) in [6.07, 6.45) is 5.55. The quantitative estimate of drug-likeness (QED) is 0.772. The van der Waals surface area contributed by atoms with E-state index in [4.69, 9.17) is 11.6 Å². The number of benzene rings is 1. The number of nitrogens with two attached hydrogens (primary N) is 1. The normalized spacial score (nSPS) is 10.6. The Hall–Kier alpha value is -1.84. The summed E-state index contributed by atoms with van der Waals surface area (Å²) < 4.78 is 22.2. The number of anilines is 1. The third-order valence-corrected chi connectivity index (χ3v) is 2.85. The fraction of sp³-hybridized carbons (Fsp3) is 0.182. The van der Waals surface area contributed by atoms with Crippen LogP contribution in [0, 0.1) is 12.3 Å². The molecule has 90 valence electrons. The van der Waals surface area contributed by atoms with Crippen molar-refractivity contribution in [3.05, 3.63) is 24.3 Å². The first-order valence-electron chi connectivity index (χ1n) is 4.79. The van der Waals surface area contributed by atoms with Gasteiger partial charge in [0, 0.05) is 18.5 Å². The summed E-state index contributed by atoms with van der Waals surface area (Å²) in [5.41, 5.74) is 0.374. The predicted octanol–water partition coefficient (Wildman–Crippen LogP) is 0.686. The Morgan fingerprint density at radius 3 is 2.76 bits per heavy atom. The van der Waals surface area contributed by atoms with Crippen LogP contribution in [0.1, 0.15) is 12.8 Å². The molecule has 0 unspecified atom stereocenters. The van der Waals surface area contributed by atoms with E-state index in [-0.39, 0.29) is 17.2 Å². The van der Waals surface area contributed by atoms with Gasteiger partial charge in [-0.25, -0.2) is 13.6 Å². The van der Waals surface area contributed by atoms with Crippen LogP contribution in [0.25, 0.3) is 0 Å². The van der Waals surface area contributed by atoms with E-state index in [2.05, 4.69) is 11.2 Å². The zero-order valence-electron chi connectivity index (χ0n) is 9.01. The molecule has 5 nitrogen and oxygen atoms in total. The summed E-state index contributed by atoms with van der Waals surface area (Å²) >= 11 is 0. The maximum absolute atomic E-state index is 11.3. The molecular weight excluding hydrogens is 240 g/mol. The highest BCUT2D eigenvalue weighted by Crippen LogP contribution is 2.14. The van der Waals surface area contributed by atoms with E-state index >= 15 is 0 Å². The van der Waals surface area contributed by atoms with Crippen LogP contribution in [0.3, 0.4) is 0 Å². The molecule has 0 heterocycles. The zero-order valence-corrected chi connectivity index (χ0v) is 9.83. The van der Waals surface area contributed by atoms with Gasteiger partial charge in [-0.2, -0.15) is 0 Å². The number of primary sulfonamides is 1. The van der Waals surface area contributed by atoms with Crippen molar-refractivity contribution in [3.63, 3.8) is 0 Å². The van der Waals surface area contributed by atoms with Crippen LogP contribution in [0.5, 0.6) is 0 Å². The van der Waals surface area contributed by atoms with Crippen LogP contribution in [0.4, 0.5) is 5.69 Å². The number of nitrogens with one attached hydrogen (secondary N) is 1. The van der Waals surface area contributed by atoms with Crippen molar-refractivity contribution in [3.8, 4) is 12.3 Å². The fourth-order valence-corrected chi connectivity index (χ4v) is 1.72. The van der Waals surface area contributed by atoms with Gasteiger partial charge >= 0.3 is 0 Å². The predicted molar refractivity (Wildman–Crippen MR) is 64.5 cm³/mol. The van der Waals surface area contributed by atoms with E-state index in [0.717, 1.165) is 0 Å². The fourth-order valence-electron chi connectivity index (χ4n) is 1.16. The third kappa shape index (κ3) is 4.26. The first-order valence-corrected chi connectivity index (χ1v) is 6.34.